The van der Waals surface area contributed by atoms with Gasteiger partial charge in [-0.3, -0.25) is 9.48 Å². The van der Waals surface area contributed by atoms with E-state index in [1.54, 1.807) is 12.3 Å². The Morgan fingerprint density at radius 3 is 2.71 bits per heavy atom. The van der Waals surface area contributed by atoms with Crippen molar-refractivity contribution in [1.82, 2.24) is 9.78 Å². The average molecular weight is 232 g/mol. The zero-order valence-corrected chi connectivity index (χ0v) is 9.72. The first-order chi connectivity index (χ1) is 8.13. The van der Waals surface area contributed by atoms with Gasteiger partial charge in [0.25, 0.3) is 0 Å². The number of hydrogen-bond donors (Lipinski definition) is 0. The SMILES string of the molecule is CC(C)n1nccc1-c1ccc(C=O)c(F)c1. The molecule has 0 aliphatic rings. The van der Waals surface area contributed by atoms with E-state index in [2.05, 4.69) is 5.10 Å². The third-order valence-corrected chi connectivity index (χ3v) is 2.58. The van der Waals surface area contributed by atoms with Gasteiger partial charge in [0.2, 0.25) is 0 Å². The van der Waals surface area contributed by atoms with Gasteiger partial charge in [-0.05, 0) is 32.0 Å². The van der Waals surface area contributed by atoms with Crippen LogP contribution in [0.4, 0.5) is 4.39 Å². The molecule has 2 aromatic rings. The zero-order chi connectivity index (χ0) is 12.4. The number of carbonyl (C=O) groups excluding carboxylic acids is 1. The quantitative estimate of drug-likeness (QED) is 0.762. The first-order valence-corrected chi connectivity index (χ1v) is 5.42. The minimum atomic E-state index is -0.506. The second-order valence-corrected chi connectivity index (χ2v) is 4.11. The van der Waals surface area contributed by atoms with Crippen LogP contribution in [0.2, 0.25) is 0 Å². The van der Waals surface area contributed by atoms with E-state index < -0.39 is 5.82 Å². The molecule has 0 aliphatic carbocycles. The van der Waals surface area contributed by atoms with Crippen molar-refractivity contribution in [1.29, 1.82) is 0 Å². The Kier molecular flexibility index (Phi) is 3.04. The predicted molar refractivity (Wildman–Crippen MR) is 63.4 cm³/mol. The van der Waals surface area contributed by atoms with Crippen LogP contribution in [0.15, 0.2) is 30.5 Å². The fourth-order valence-electron chi connectivity index (χ4n) is 1.74. The topological polar surface area (TPSA) is 34.9 Å². The molecule has 4 heteroatoms. The summed E-state index contributed by atoms with van der Waals surface area (Å²) < 4.78 is 15.3. The van der Waals surface area contributed by atoms with E-state index in [-0.39, 0.29) is 11.6 Å². The summed E-state index contributed by atoms with van der Waals surface area (Å²) in [5.41, 5.74) is 1.64. The fourth-order valence-corrected chi connectivity index (χ4v) is 1.74. The molecule has 0 amide bonds. The summed E-state index contributed by atoms with van der Waals surface area (Å²) in [6.45, 7) is 4.01. The fraction of sp³-hybridized carbons (Fsp3) is 0.231. The minimum Gasteiger partial charge on any atom is -0.298 e. The molecule has 0 atom stereocenters. The largest absolute Gasteiger partial charge is 0.298 e. The van der Waals surface area contributed by atoms with Gasteiger partial charge in [0.1, 0.15) is 5.82 Å². The van der Waals surface area contributed by atoms with Gasteiger partial charge in [0.15, 0.2) is 6.29 Å². The Hall–Kier alpha value is -1.97. The van der Waals surface area contributed by atoms with Crippen LogP contribution in [0.1, 0.15) is 30.2 Å². The van der Waals surface area contributed by atoms with E-state index in [1.807, 2.05) is 24.6 Å². The Morgan fingerprint density at radius 1 is 1.35 bits per heavy atom. The normalized spacial score (nSPS) is 10.8. The molecule has 0 unspecified atom stereocenters. The highest BCUT2D eigenvalue weighted by molar-refractivity contribution is 5.77. The summed E-state index contributed by atoms with van der Waals surface area (Å²) in [5.74, 6) is -0.506. The maximum Gasteiger partial charge on any atom is 0.152 e. The average Bonchev–Trinajstić information content (AvgIpc) is 2.77. The lowest BCUT2D eigenvalue weighted by Crippen LogP contribution is -2.04. The number of aromatic nitrogens is 2. The van der Waals surface area contributed by atoms with Gasteiger partial charge in [0.05, 0.1) is 11.3 Å². The lowest BCUT2D eigenvalue weighted by atomic mass is 10.1. The van der Waals surface area contributed by atoms with Gasteiger partial charge in [-0.15, -0.1) is 0 Å². The zero-order valence-electron chi connectivity index (χ0n) is 9.72. The van der Waals surface area contributed by atoms with Crippen molar-refractivity contribution in [2.75, 3.05) is 0 Å². The van der Waals surface area contributed by atoms with Gasteiger partial charge >= 0.3 is 0 Å². The van der Waals surface area contributed by atoms with Crippen LogP contribution in [0.5, 0.6) is 0 Å². The molecule has 17 heavy (non-hydrogen) atoms. The molecule has 88 valence electrons. The van der Waals surface area contributed by atoms with Crippen molar-refractivity contribution in [3.63, 3.8) is 0 Å². The smallest absolute Gasteiger partial charge is 0.152 e. The third-order valence-electron chi connectivity index (χ3n) is 2.58. The number of benzene rings is 1. The molecule has 0 saturated carbocycles. The minimum absolute atomic E-state index is 0.0735. The van der Waals surface area contributed by atoms with Crippen LogP contribution >= 0.6 is 0 Å². The molecule has 0 N–H and O–H groups in total. The summed E-state index contributed by atoms with van der Waals surface area (Å²) >= 11 is 0. The standard InChI is InChI=1S/C13H13FN2O/c1-9(2)16-13(5-6-15-16)10-3-4-11(8-17)12(14)7-10/h3-9H,1-2H3. The van der Waals surface area contributed by atoms with Crippen LogP contribution in [-0.4, -0.2) is 16.1 Å². The van der Waals surface area contributed by atoms with Gasteiger partial charge < -0.3 is 0 Å². The van der Waals surface area contributed by atoms with Crippen molar-refractivity contribution in [3.05, 3.63) is 41.8 Å². The predicted octanol–water partition coefficient (Wildman–Crippen LogP) is 3.08. The molecule has 2 rings (SSSR count). The van der Waals surface area contributed by atoms with Crippen molar-refractivity contribution >= 4 is 6.29 Å². The number of rotatable bonds is 3. The monoisotopic (exact) mass is 232 g/mol. The van der Waals surface area contributed by atoms with E-state index in [0.29, 0.717) is 6.29 Å². The summed E-state index contributed by atoms with van der Waals surface area (Å²) in [6.07, 6.45) is 2.19. The van der Waals surface area contributed by atoms with Gasteiger partial charge in [0, 0.05) is 17.8 Å². The molecule has 0 aliphatic heterocycles. The number of hydrogen-bond acceptors (Lipinski definition) is 2. The first-order valence-electron chi connectivity index (χ1n) is 5.42. The molecule has 0 radical (unpaired) electrons. The molecular formula is C13H13FN2O. The molecule has 0 spiro atoms. The first kappa shape index (κ1) is 11.5. The Bertz CT molecular complexity index is 546. The molecule has 1 heterocycles. The van der Waals surface area contributed by atoms with Gasteiger partial charge in [-0.2, -0.15) is 5.10 Å². The van der Waals surface area contributed by atoms with E-state index >= 15 is 0 Å². The summed E-state index contributed by atoms with van der Waals surface area (Å²) in [7, 11) is 0. The lowest BCUT2D eigenvalue weighted by molar-refractivity contribution is 0.112. The molecule has 1 aromatic heterocycles. The molecular weight excluding hydrogens is 219 g/mol. The maximum atomic E-state index is 13.5. The maximum absolute atomic E-state index is 13.5. The number of nitrogens with zero attached hydrogens (tertiary/aromatic N) is 2. The number of aldehydes is 1. The summed E-state index contributed by atoms with van der Waals surface area (Å²) in [5, 5.41) is 4.19. The molecule has 0 fully saturated rings. The second-order valence-electron chi connectivity index (χ2n) is 4.11. The summed E-state index contributed by atoms with van der Waals surface area (Å²) in [6, 6.07) is 6.60. The van der Waals surface area contributed by atoms with Crippen molar-refractivity contribution in [3.8, 4) is 11.3 Å². The van der Waals surface area contributed by atoms with Crippen LogP contribution < -0.4 is 0 Å². The number of halogens is 1. The van der Waals surface area contributed by atoms with Crippen molar-refractivity contribution < 1.29 is 9.18 Å². The highest BCUT2D eigenvalue weighted by atomic mass is 19.1. The van der Waals surface area contributed by atoms with Gasteiger partial charge in [-0.25, -0.2) is 4.39 Å². The molecule has 0 saturated heterocycles. The molecule has 3 nitrogen and oxygen atoms in total. The van der Waals surface area contributed by atoms with E-state index in [4.69, 9.17) is 0 Å². The van der Waals surface area contributed by atoms with Crippen molar-refractivity contribution in [2.45, 2.75) is 19.9 Å². The highest BCUT2D eigenvalue weighted by Gasteiger charge is 2.10. The van der Waals surface area contributed by atoms with Gasteiger partial charge in [-0.1, -0.05) is 6.07 Å². The van der Waals surface area contributed by atoms with E-state index in [0.717, 1.165) is 11.3 Å². The van der Waals surface area contributed by atoms with E-state index in [1.165, 1.54) is 12.1 Å². The van der Waals surface area contributed by atoms with Crippen LogP contribution in [0, 0.1) is 5.82 Å². The molecule has 1 aromatic carbocycles. The summed E-state index contributed by atoms with van der Waals surface area (Å²) in [4.78, 5) is 10.5. The van der Waals surface area contributed by atoms with Crippen molar-refractivity contribution in [2.24, 2.45) is 0 Å². The Morgan fingerprint density at radius 2 is 2.12 bits per heavy atom. The molecule has 0 bridgehead atoms. The lowest BCUT2D eigenvalue weighted by Gasteiger charge is -2.11. The van der Waals surface area contributed by atoms with Crippen LogP contribution in [-0.2, 0) is 0 Å². The van der Waals surface area contributed by atoms with E-state index in [9.17, 15) is 9.18 Å². The second kappa shape index (κ2) is 4.49. The highest BCUT2D eigenvalue weighted by Crippen LogP contribution is 2.23. The Labute approximate surface area is 98.9 Å². The van der Waals surface area contributed by atoms with Crippen LogP contribution in [0.25, 0.3) is 11.3 Å². The Balaban J connectivity index is 2.50. The number of carbonyl (C=O) groups is 1. The third kappa shape index (κ3) is 2.11. The van der Waals surface area contributed by atoms with Crippen LogP contribution in [0.3, 0.4) is 0 Å².